The molecule has 2 amide bonds. The number of carbonyl (C=O) groups is 2. The molecule has 4 aromatic rings. The van der Waals surface area contributed by atoms with Gasteiger partial charge < -0.3 is 25.8 Å². The number of hydrogen-bond acceptors (Lipinski definition) is 5. The molecule has 0 radical (unpaired) electrons. The number of anilines is 6. The first kappa shape index (κ1) is 25.3. The van der Waals surface area contributed by atoms with E-state index in [1.165, 1.54) is 0 Å². The standard InChI is InChI=1S/C30H31N5O2/c1-34(2)27-17-5-21(6-18-27)29(36)32-25-13-9-23(10-14-25)31-24-11-15-26(16-12-24)33-30(37)22-7-19-28(20-8-22)35(3)4/h5-20,31H,1-4H3,(H,32,36)(H,33,37). The minimum Gasteiger partial charge on any atom is -0.378 e. The van der Waals surface area contributed by atoms with E-state index in [0.29, 0.717) is 22.5 Å². The maximum atomic E-state index is 12.5. The quantitative estimate of drug-likeness (QED) is 0.278. The summed E-state index contributed by atoms with van der Waals surface area (Å²) >= 11 is 0. The maximum absolute atomic E-state index is 12.5. The third kappa shape index (κ3) is 6.67. The Morgan fingerprint density at radius 2 is 0.757 bits per heavy atom. The van der Waals surface area contributed by atoms with Crippen molar-refractivity contribution >= 4 is 45.9 Å². The molecule has 188 valence electrons. The molecule has 7 nitrogen and oxygen atoms in total. The van der Waals surface area contributed by atoms with Gasteiger partial charge in [0.05, 0.1) is 0 Å². The van der Waals surface area contributed by atoms with Crippen LogP contribution in [-0.4, -0.2) is 40.0 Å². The van der Waals surface area contributed by atoms with Crippen LogP contribution in [0.3, 0.4) is 0 Å². The van der Waals surface area contributed by atoms with E-state index >= 15 is 0 Å². The molecular weight excluding hydrogens is 462 g/mol. The summed E-state index contributed by atoms with van der Waals surface area (Å²) in [6, 6.07) is 29.9. The van der Waals surface area contributed by atoms with Crippen LogP contribution in [0.2, 0.25) is 0 Å². The van der Waals surface area contributed by atoms with Crippen molar-refractivity contribution in [1.82, 2.24) is 0 Å². The van der Waals surface area contributed by atoms with Gasteiger partial charge in [0.15, 0.2) is 0 Å². The van der Waals surface area contributed by atoms with Crippen molar-refractivity contribution in [2.45, 2.75) is 0 Å². The lowest BCUT2D eigenvalue weighted by molar-refractivity contribution is 0.101. The van der Waals surface area contributed by atoms with Crippen LogP contribution in [0.1, 0.15) is 20.7 Å². The highest BCUT2D eigenvalue weighted by Crippen LogP contribution is 2.22. The molecule has 37 heavy (non-hydrogen) atoms. The largest absolute Gasteiger partial charge is 0.378 e. The van der Waals surface area contributed by atoms with E-state index in [2.05, 4.69) is 16.0 Å². The first-order valence-electron chi connectivity index (χ1n) is 11.9. The van der Waals surface area contributed by atoms with Gasteiger partial charge in [-0.15, -0.1) is 0 Å². The molecule has 0 saturated carbocycles. The molecule has 3 N–H and O–H groups in total. The topological polar surface area (TPSA) is 76.7 Å². The molecule has 7 heteroatoms. The zero-order valence-corrected chi connectivity index (χ0v) is 21.4. The zero-order chi connectivity index (χ0) is 26.4. The predicted octanol–water partition coefficient (Wildman–Crippen LogP) is 6.07. The van der Waals surface area contributed by atoms with Crippen molar-refractivity contribution < 1.29 is 9.59 Å². The highest BCUT2D eigenvalue weighted by atomic mass is 16.2. The lowest BCUT2D eigenvalue weighted by atomic mass is 10.1. The highest BCUT2D eigenvalue weighted by Gasteiger charge is 2.08. The van der Waals surface area contributed by atoms with Gasteiger partial charge in [-0.25, -0.2) is 0 Å². The van der Waals surface area contributed by atoms with E-state index in [0.717, 1.165) is 22.7 Å². The molecule has 0 spiro atoms. The molecule has 0 aliphatic heterocycles. The van der Waals surface area contributed by atoms with Gasteiger partial charge in [-0.3, -0.25) is 9.59 Å². The molecular formula is C30H31N5O2. The van der Waals surface area contributed by atoms with Gasteiger partial charge in [0, 0.05) is 73.4 Å². The van der Waals surface area contributed by atoms with Crippen LogP contribution in [0.25, 0.3) is 0 Å². The molecule has 0 heterocycles. The number of carbonyl (C=O) groups excluding carboxylic acids is 2. The van der Waals surface area contributed by atoms with Crippen LogP contribution in [-0.2, 0) is 0 Å². The fraction of sp³-hybridized carbons (Fsp3) is 0.133. The van der Waals surface area contributed by atoms with Crippen molar-refractivity contribution in [2.75, 3.05) is 53.9 Å². The van der Waals surface area contributed by atoms with E-state index in [1.807, 2.05) is 135 Å². The smallest absolute Gasteiger partial charge is 0.255 e. The number of nitrogens with zero attached hydrogens (tertiary/aromatic N) is 2. The molecule has 0 bridgehead atoms. The minimum atomic E-state index is -0.155. The molecule has 4 rings (SSSR count). The second-order valence-electron chi connectivity index (χ2n) is 9.07. The summed E-state index contributed by atoms with van der Waals surface area (Å²) < 4.78 is 0. The Bertz CT molecular complexity index is 1240. The van der Waals surface area contributed by atoms with Gasteiger partial charge in [-0.05, 0) is 97.1 Å². The van der Waals surface area contributed by atoms with Gasteiger partial charge in [-0.2, -0.15) is 0 Å². The fourth-order valence-corrected chi connectivity index (χ4v) is 3.67. The Balaban J connectivity index is 1.31. The van der Waals surface area contributed by atoms with Crippen molar-refractivity contribution in [3.63, 3.8) is 0 Å². The summed E-state index contributed by atoms with van der Waals surface area (Å²) in [5, 5.41) is 9.17. The van der Waals surface area contributed by atoms with E-state index < -0.39 is 0 Å². The summed E-state index contributed by atoms with van der Waals surface area (Å²) in [6.45, 7) is 0. The van der Waals surface area contributed by atoms with E-state index in [9.17, 15) is 9.59 Å². The summed E-state index contributed by atoms with van der Waals surface area (Å²) in [5.41, 5.74) is 6.47. The Morgan fingerprint density at radius 1 is 0.459 bits per heavy atom. The normalized spacial score (nSPS) is 10.4. The lowest BCUT2D eigenvalue weighted by Crippen LogP contribution is -2.13. The molecule has 0 saturated heterocycles. The van der Waals surface area contributed by atoms with Crippen LogP contribution in [0, 0.1) is 0 Å². The average molecular weight is 494 g/mol. The van der Waals surface area contributed by atoms with Crippen LogP contribution >= 0.6 is 0 Å². The first-order valence-corrected chi connectivity index (χ1v) is 11.9. The van der Waals surface area contributed by atoms with E-state index in [-0.39, 0.29) is 11.8 Å². The third-order valence-electron chi connectivity index (χ3n) is 5.87. The van der Waals surface area contributed by atoms with Crippen LogP contribution < -0.4 is 25.8 Å². The fourth-order valence-electron chi connectivity index (χ4n) is 3.67. The second-order valence-corrected chi connectivity index (χ2v) is 9.07. The van der Waals surface area contributed by atoms with Gasteiger partial charge in [-0.1, -0.05) is 0 Å². The van der Waals surface area contributed by atoms with E-state index in [4.69, 9.17) is 0 Å². The number of rotatable bonds is 8. The Labute approximate surface area is 217 Å². The van der Waals surface area contributed by atoms with Crippen LogP contribution in [0.5, 0.6) is 0 Å². The Kier molecular flexibility index (Phi) is 7.74. The maximum Gasteiger partial charge on any atom is 0.255 e. The van der Waals surface area contributed by atoms with Crippen molar-refractivity contribution in [2.24, 2.45) is 0 Å². The molecule has 0 atom stereocenters. The lowest BCUT2D eigenvalue weighted by Gasteiger charge is -2.13. The Morgan fingerprint density at radius 3 is 1.05 bits per heavy atom. The summed E-state index contributed by atoms with van der Waals surface area (Å²) in [5.74, 6) is -0.311. The van der Waals surface area contributed by atoms with Gasteiger partial charge in [0.25, 0.3) is 11.8 Å². The second kappa shape index (κ2) is 11.3. The van der Waals surface area contributed by atoms with Gasteiger partial charge in [0.1, 0.15) is 0 Å². The Hall–Kier alpha value is -4.78. The van der Waals surface area contributed by atoms with Gasteiger partial charge in [0.2, 0.25) is 0 Å². The SMILES string of the molecule is CN(C)c1ccc(C(=O)Nc2ccc(Nc3ccc(NC(=O)c4ccc(N(C)C)cc4)cc3)cc2)cc1. The molecule has 0 aliphatic carbocycles. The van der Waals surface area contributed by atoms with Crippen molar-refractivity contribution in [3.05, 3.63) is 108 Å². The zero-order valence-electron chi connectivity index (χ0n) is 21.4. The first-order chi connectivity index (χ1) is 17.8. The van der Waals surface area contributed by atoms with E-state index in [1.54, 1.807) is 0 Å². The van der Waals surface area contributed by atoms with Crippen LogP contribution in [0.4, 0.5) is 34.1 Å². The molecule has 0 aliphatic rings. The highest BCUT2D eigenvalue weighted by molar-refractivity contribution is 6.05. The van der Waals surface area contributed by atoms with Crippen molar-refractivity contribution in [1.29, 1.82) is 0 Å². The summed E-state index contributed by atoms with van der Waals surface area (Å²) in [7, 11) is 7.85. The minimum absolute atomic E-state index is 0.155. The van der Waals surface area contributed by atoms with Gasteiger partial charge >= 0.3 is 0 Å². The number of amides is 2. The molecule has 0 fully saturated rings. The third-order valence-corrected chi connectivity index (χ3v) is 5.87. The number of hydrogen-bond donors (Lipinski definition) is 3. The average Bonchev–Trinajstić information content (AvgIpc) is 2.91. The number of benzene rings is 4. The molecule has 0 unspecified atom stereocenters. The predicted molar refractivity (Wildman–Crippen MR) is 154 cm³/mol. The summed E-state index contributed by atoms with van der Waals surface area (Å²) in [6.07, 6.45) is 0. The summed E-state index contributed by atoms with van der Waals surface area (Å²) in [4.78, 5) is 29.1. The van der Waals surface area contributed by atoms with Crippen LogP contribution in [0.15, 0.2) is 97.1 Å². The molecule has 4 aromatic carbocycles. The molecule has 0 aromatic heterocycles. The number of nitrogens with one attached hydrogen (secondary N) is 3. The monoisotopic (exact) mass is 493 g/mol. The van der Waals surface area contributed by atoms with Crippen molar-refractivity contribution in [3.8, 4) is 0 Å².